The van der Waals surface area contributed by atoms with Crippen molar-refractivity contribution in [3.8, 4) is 0 Å². The molecule has 26 heavy (non-hydrogen) atoms. The molecule has 2 fully saturated rings. The summed E-state index contributed by atoms with van der Waals surface area (Å²) in [5, 5.41) is 2.69. The number of hydrogen-bond acceptors (Lipinski definition) is 4. The Hall–Kier alpha value is -2.70. The number of nitrogens with zero attached hydrogens (tertiary/aromatic N) is 2. The number of likely N-dealkylation sites (N-methyl/N-ethyl adjacent to an activating group) is 1. The second-order valence-electron chi connectivity index (χ2n) is 6.87. The summed E-state index contributed by atoms with van der Waals surface area (Å²) < 4.78 is 0. The zero-order valence-electron chi connectivity index (χ0n) is 14.9. The molecular formula is C19H23N3O4. The van der Waals surface area contributed by atoms with Crippen LogP contribution in [0.3, 0.4) is 0 Å². The first-order valence-corrected chi connectivity index (χ1v) is 8.92. The minimum atomic E-state index is -0.938. The number of ketones is 1. The Bertz CT molecular complexity index is 723. The largest absolute Gasteiger partial charge is 0.351 e. The third-order valence-corrected chi connectivity index (χ3v) is 4.96. The zero-order valence-corrected chi connectivity index (χ0v) is 14.9. The van der Waals surface area contributed by atoms with Crippen molar-refractivity contribution in [1.29, 1.82) is 0 Å². The second-order valence-corrected chi connectivity index (χ2v) is 6.87. The lowest BCUT2D eigenvalue weighted by Gasteiger charge is -2.26. The van der Waals surface area contributed by atoms with Crippen LogP contribution >= 0.6 is 0 Å². The minimum Gasteiger partial charge on any atom is -0.351 e. The molecule has 0 spiro atoms. The smallest absolute Gasteiger partial charge is 0.290 e. The predicted octanol–water partition coefficient (Wildman–Crippen LogP) is 0.586. The standard InChI is InChI=1S/C19H23N3O4/c1-21-12-15(16(23)19(21)26)17(24)20-11-13-5-7-14(8-6-13)18(25)22-9-3-2-4-10-22/h5-8,15H,2-4,9-12H2,1H3,(H,20,24). The Morgan fingerprint density at radius 2 is 1.73 bits per heavy atom. The Kier molecular flexibility index (Phi) is 5.35. The SMILES string of the molecule is CN1CC(C(=O)NCc2ccc(C(=O)N3CCCCC3)cc2)C(=O)C1=O. The zero-order chi connectivity index (χ0) is 18.7. The molecule has 0 radical (unpaired) electrons. The van der Waals surface area contributed by atoms with Crippen molar-refractivity contribution in [3.63, 3.8) is 0 Å². The number of amides is 3. The van der Waals surface area contributed by atoms with Crippen LogP contribution in [0.5, 0.6) is 0 Å². The first-order valence-electron chi connectivity index (χ1n) is 8.92. The number of benzene rings is 1. The Morgan fingerprint density at radius 1 is 1.08 bits per heavy atom. The average molecular weight is 357 g/mol. The highest BCUT2D eigenvalue weighted by molar-refractivity contribution is 6.42. The molecule has 2 aliphatic heterocycles. The van der Waals surface area contributed by atoms with Gasteiger partial charge in [-0.1, -0.05) is 12.1 Å². The molecule has 0 saturated carbocycles. The normalized spacial score (nSPS) is 20.4. The van der Waals surface area contributed by atoms with Crippen molar-refractivity contribution in [1.82, 2.24) is 15.1 Å². The van der Waals surface area contributed by atoms with Crippen molar-refractivity contribution in [2.45, 2.75) is 25.8 Å². The molecule has 7 nitrogen and oxygen atoms in total. The van der Waals surface area contributed by atoms with E-state index in [1.54, 1.807) is 24.3 Å². The van der Waals surface area contributed by atoms with Crippen LogP contribution in [-0.4, -0.2) is 60.0 Å². The van der Waals surface area contributed by atoms with Gasteiger partial charge >= 0.3 is 0 Å². The molecule has 1 aromatic carbocycles. The Morgan fingerprint density at radius 3 is 2.31 bits per heavy atom. The number of hydrogen-bond donors (Lipinski definition) is 1. The van der Waals surface area contributed by atoms with Gasteiger partial charge in [0.15, 0.2) is 0 Å². The summed E-state index contributed by atoms with van der Waals surface area (Å²) in [4.78, 5) is 50.9. The van der Waals surface area contributed by atoms with E-state index < -0.39 is 23.5 Å². The number of nitrogens with one attached hydrogen (secondary N) is 1. The fraction of sp³-hybridized carbons (Fsp3) is 0.474. The van der Waals surface area contributed by atoms with Gasteiger partial charge in [0, 0.05) is 38.8 Å². The van der Waals surface area contributed by atoms with Gasteiger partial charge in [-0.15, -0.1) is 0 Å². The monoisotopic (exact) mass is 357 g/mol. The van der Waals surface area contributed by atoms with Crippen LogP contribution < -0.4 is 5.32 Å². The molecule has 2 saturated heterocycles. The topological polar surface area (TPSA) is 86.8 Å². The summed E-state index contributed by atoms with van der Waals surface area (Å²) >= 11 is 0. The van der Waals surface area contributed by atoms with E-state index in [0.29, 0.717) is 5.56 Å². The highest BCUT2D eigenvalue weighted by atomic mass is 16.2. The van der Waals surface area contributed by atoms with E-state index in [0.717, 1.165) is 31.5 Å². The van der Waals surface area contributed by atoms with Crippen LogP contribution in [0.1, 0.15) is 35.2 Å². The molecule has 1 N–H and O–H groups in total. The minimum absolute atomic E-state index is 0.0402. The molecule has 1 atom stereocenters. The highest BCUT2D eigenvalue weighted by Gasteiger charge is 2.41. The molecule has 2 heterocycles. The molecule has 1 unspecified atom stereocenters. The third kappa shape index (κ3) is 3.76. The van der Waals surface area contributed by atoms with E-state index >= 15 is 0 Å². The van der Waals surface area contributed by atoms with Gasteiger partial charge < -0.3 is 15.1 Å². The van der Waals surface area contributed by atoms with E-state index in [-0.39, 0.29) is 19.0 Å². The van der Waals surface area contributed by atoms with E-state index in [9.17, 15) is 19.2 Å². The van der Waals surface area contributed by atoms with E-state index in [4.69, 9.17) is 0 Å². The van der Waals surface area contributed by atoms with Crippen molar-refractivity contribution in [3.05, 3.63) is 35.4 Å². The summed E-state index contributed by atoms with van der Waals surface area (Å²) in [6.07, 6.45) is 3.27. The lowest BCUT2D eigenvalue weighted by molar-refractivity contribution is -0.142. The molecule has 3 rings (SSSR count). The maximum Gasteiger partial charge on any atom is 0.290 e. The molecular weight excluding hydrogens is 334 g/mol. The number of Topliss-reactive ketones (excluding diaryl/α,β-unsaturated/α-hetero) is 1. The quantitative estimate of drug-likeness (QED) is 0.631. The van der Waals surface area contributed by atoms with E-state index in [1.807, 2.05) is 4.90 Å². The molecule has 7 heteroatoms. The fourth-order valence-corrected chi connectivity index (χ4v) is 3.34. The van der Waals surface area contributed by atoms with E-state index in [2.05, 4.69) is 5.32 Å². The maximum absolute atomic E-state index is 12.4. The molecule has 0 aliphatic carbocycles. The van der Waals surface area contributed by atoms with Gasteiger partial charge in [0.25, 0.3) is 11.8 Å². The molecule has 0 aromatic heterocycles. The Labute approximate surface area is 152 Å². The number of carbonyl (C=O) groups is 4. The van der Waals surface area contributed by atoms with Crippen LogP contribution in [0.4, 0.5) is 0 Å². The van der Waals surface area contributed by atoms with Gasteiger partial charge in [0.1, 0.15) is 5.92 Å². The van der Waals surface area contributed by atoms with Crippen LogP contribution in [-0.2, 0) is 20.9 Å². The summed E-state index contributed by atoms with van der Waals surface area (Å²) in [6, 6.07) is 7.11. The van der Waals surface area contributed by atoms with Crippen LogP contribution in [0.2, 0.25) is 0 Å². The van der Waals surface area contributed by atoms with Gasteiger partial charge in [0.05, 0.1) is 0 Å². The van der Waals surface area contributed by atoms with Crippen LogP contribution in [0.15, 0.2) is 24.3 Å². The average Bonchev–Trinajstić information content (AvgIpc) is 2.94. The molecule has 2 aliphatic rings. The van der Waals surface area contributed by atoms with Gasteiger partial charge in [-0.05, 0) is 37.0 Å². The number of likely N-dealkylation sites (tertiary alicyclic amines) is 2. The van der Waals surface area contributed by atoms with Crippen molar-refractivity contribution in [2.75, 3.05) is 26.7 Å². The fourth-order valence-electron chi connectivity index (χ4n) is 3.34. The third-order valence-electron chi connectivity index (χ3n) is 4.96. The summed E-state index contributed by atoms with van der Waals surface area (Å²) in [5.74, 6) is -2.62. The van der Waals surface area contributed by atoms with Crippen LogP contribution in [0.25, 0.3) is 0 Å². The lowest BCUT2D eigenvalue weighted by Crippen LogP contribution is -2.35. The van der Waals surface area contributed by atoms with Gasteiger partial charge in [0.2, 0.25) is 11.7 Å². The molecule has 1 aromatic rings. The number of piperidine rings is 1. The number of carbonyl (C=O) groups excluding carboxylic acids is 4. The van der Waals surface area contributed by atoms with Crippen molar-refractivity contribution < 1.29 is 19.2 Å². The second kappa shape index (κ2) is 7.68. The van der Waals surface area contributed by atoms with E-state index in [1.165, 1.54) is 18.4 Å². The first-order chi connectivity index (χ1) is 12.5. The number of rotatable bonds is 4. The van der Waals surface area contributed by atoms with Crippen LogP contribution in [0, 0.1) is 5.92 Å². The Balaban J connectivity index is 1.54. The lowest BCUT2D eigenvalue weighted by atomic mass is 10.1. The van der Waals surface area contributed by atoms with Gasteiger partial charge in [-0.25, -0.2) is 0 Å². The first kappa shape index (κ1) is 18.1. The predicted molar refractivity (Wildman–Crippen MR) is 94.2 cm³/mol. The van der Waals surface area contributed by atoms with Crippen molar-refractivity contribution >= 4 is 23.5 Å². The van der Waals surface area contributed by atoms with Gasteiger partial charge in [-0.3, -0.25) is 19.2 Å². The maximum atomic E-state index is 12.4. The summed E-state index contributed by atoms with van der Waals surface area (Å²) in [5.41, 5.74) is 1.47. The molecule has 138 valence electrons. The molecule has 3 amide bonds. The summed E-state index contributed by atoms with van der Waals surface area (Å²) in [6.45, 7) is 1.98. The molecule has 0 bridgehead atoms. The van der Waals surface area contributed by atoms with Gasteiger partial charge in [-0.2, -0.15) is 0 Å². The summed E-state index contributed by atoms with van der Waals surface area (Å²) in [7, 11) is 1.51. The van der Waals surface area contributed by atoms with Crippen molar-refractivity contribution in [2.24, 2.45) is 5.92 Å². The highest BCUT2D eigenvalue weighted by Crippen LogP contribution is 2.15.